The summed E-state index contributed by atoms with van der Waals surface area (Å²) in [6.07, 6.45) is 2.85. The summed E-state index contributed by atoms with van der Waals surface area (Å²) in [6, 6.07) is 4.27. The third-order valence-corrected chi connectivity index (χ3v) is 3.66. The number of hydrogen-bond donors (Lipinski definition) is 2. The molecule has 0 saturated carbocycles. The maximum absolute atomic E-state index is 7.88. The maximum atomic E-state index is 7.88. The van der Waals surface area contributed by atoms with Crippen LogP contribution >= 0.6 is 15.9 Å². The summed E-state index contributed by atoms with van der Waals surface area (Å²) in [6.45, 7) is 6.49. The van der Waals surface area contributed by atoms with Gasteiger partial charge in [-0.2, -0.15) is 0 Å². The fourth-order valence-corrected chi connectivity index (χ4v) is 1.85. The third-order valence-electron chi connectivity index (χ3n) is 2.44. The van der Waals surface area contributed by atoms with E-state index >= 15 is 0 Å². The molecule has 0 atom stereocenters. The highest BCUT2D eigenvalue weighted by atomic mass is 79.9. The Labute approximate surface area is 105 Å². The van der Waals surface area contributed by atoms with E-state index in [1.807, 2.05) is 13.1 Å². The predicted octanol–water partition coefficient (Wildman–Crippen LogP) is 3.94. The van der Waals surface area contributed by atoms with Gasteiger partial charge < -0.3 is 10.1 Å². The van der Waals surface area contributed by atoms with Crippen LogP contribution in [-0.2, 0) is 0 Å². The van der Waals surface area contributed by atoms with Crippen LogP contribution < -0.4 is 0 Å². The van der Waals surface area contributed by atoms with Crippen molar-refractivity contribution in [1.29, 1.82) is 0 Å². The first-order chi connectivity index (χ1) is 7.61. The van der Waals surface area contributed by atoms with E-state index in [1.165, 1.54) is 26.5 Å². The lowest BCUT2D eigenvalue weighted by molar-refractivity contribution is 0.295. The van der Waals surface area contributed by atoms with E-state index in [0.29, 0.717) is 6.61 Å². The maximum Gasteiger partial charge on any atom is 0.0460 e. The molecule has 2 aromatic rings. The minimum absolute atomic E-state index is 0.319. The second kappa shape index (κ2) is 6.06. The molecule has 0 radical (unpaired) electrons. The normalized spacial score (nSPS) is 10.1. The highest BCUT2D eigenvalue weighted by Crippen LogP contribution is 2.28. The number of aromatic nitrogens is 1. The van der Waals surface area contributed by atoms with Gasteiger partial charge in [0.1, 0.15) is 0 Å². The number of nitrogens with one attached hydrogen (secondary N) is 1. The molecule has 2 N–H and O–H groups in total. The largest absolute Gasteiger partial charge is 0.396 e. The quantitative estimate of drug-likeness (QED) is 0.817. The molecule has 88 valence electrons. The summed E-state index contributed by atoms with van der Waals surface area (Å²) in [4.78, 5) is 3.21. The van der Waals surface area contributed by atoms with Crippen molar-refractivity contribution in [3.63, 3.8) is 0 Å². The van der Waals surface area contributed by atoms with E-state index in [-0.39, 0.29) is 0 Å². The standard InChI is InChI=1S/C10H10BrN.C3H8O/c1-6-5-9-8(3-4-12-9)7(2)10(6)11;1-2-3-4/h3-5,12H,1-2H3;4H,2-3H2,1H3. The lowest BCUT2D eigenvalue weighted by Crippen LogP contribution is -1.82. The number of fused-ring (bicyclic) bond motifs is 1. The smallest absolute Gasteiger partial charge is 0.0460 e. The molecule has 1 aromatic heterocycles. The minimum Gasteiger partial charge on any atom is -0.396 e. The number of aliphatic hydroxyl groups excluding tert-OH is 1. The van der Waals surface area contributed by atoms with Crippen LogP contribution in [-0.4, -0.2) is 16.7 Å². The van der Waals surface area contributed by atoms with Gasteiger partial charge in [0, 0.05) is 28.2 Å². The van der Waals surface area contributed by atoms with Crippen LogP contribution in [0, 0.1) is 13.8 Å². The second-order valence-electron chi connectivity index (χ2n) is 3.79. The summed E-state index contributed by atoms with van der Waals surface area (Å²) in [5, 5.41) is 9.17. The molecular formula is C13H18BrNO. The molecule has 3 heteroatoms. The van der Waals surface area contributed by atoms with Crippen molar-refractivity contribution in [2.45, 2.75) is 27.2 Å². The van der Waals surface area contributed by atoms with Crippen molar-refractivity contribution in [1.82, 2.24) is 4.98 Å². The van der Waals surface area contributed by atoms with E-state index in [0.717, 1.165) is 6.42 Å². The molecule has 2 rings (SSSR count). The molecule has 1 aromatic carbocycles. The average Bonchev–Trinajstić information content (AvgIpc) is 2.74. The van der Waals surface area contributed by atoms with Crippen LogP contribution in [0.3, 0.4) is 0 Å². The SMILES string of the molecule is CCCO.Cc1cc2[nH]ccc2c(C)c1Br. The van der Waals surface area contributed by atoms with Gasteiger partial charge in [-0.3, -0.25) is 0 Å². The zero-order valence-electron chi connectivity index (χ0n) is 9.97. The van der Waals surface area contributed by atoms with Gasteiger partial charge in [0.15, 0.2) is 0 Å². The van der Waals surface area contributed by atoms with E-state index in [9.17, 15) is 0 Å². The number of hydrogen-bond acceptors (Lipinski definition) is 1. The summed E-state index contributed by atoms with van der Waals surface area (Å²) in [5.41, 5.74) is 3.81. The van der Waals surface area contributed by atoms with Gasteiger partial charge in [0.25, 0.3) is 0 Å². The van der Waals surface area contributed by atoms with Crippen LogP contribution in [0.1, 0.15) is 24.5 Å². The Morgan fingerprint density at radius 2 is 2.00 bits per heavy atom. The molecule has 16 heavy (non-hydrogen) atoms. The van der Waals surface area contributed by atoms with Crippen LogP contribution in [0.4, 0.5) is 0 Å². The van der Waals surface area contributed by atoms with Gasteiger partial charge in [0.2, 0.25) is 0 Å². The van der Waals surface area contributed by atoms with Crippen LogP contribution in [0.25, 0.3) is 10.9 Å². The Morgan fingerprint density at radius 3 is 2.56 bits per heavy atom. The van der Waals surface area contributed by atoms with Crippen molar-refractivity contribution >= 4 is 26.8 Å². The van der Waals surface area contributed by atoms with Crippen molar-refractivity contribution in [3.8, 4) is 0 Å². The zero-order chi connectivity index (χ0) is 12.1. The number of aliphatic hydroxyl groups is 1. The number of rotatable bonds is 1. The predicted molar refractivity (Wildman–Crippen MR) is 72.8 cm³/mol. The third kappa shape index (κ3) is 2.86. The van der Waals surface area contributed by atoms with E-state index < -0.39 is 0 Å². The van der Waals surface area contributed by atoms with Gasteiger partial charge in [-0.15, -0.1) is 0 Å². The van der Waals surface area contributed by atoms with E-state index in [2.05, 4.69) is 46.9 Å². The second-order valence-corrected chi connectivity index (χ2v) is 4.59. The minimum atomic E-state index is 0.319. The van der Waals surface area contributed by atoms with Crippen LogP contribution in [0.5, 0.6) is 0 Å². The molecule has 1 heterocycles. The Bertz CT molecular complexity index is 460. The summed E-state index contributed by atoms with van der Waals surface area (Å²) in [7, 11) is 0. The molecule has 0 saturated heterocycles. The first kappa shape index (κ1) is 13.3. The number of aromatic amines is 1. The molecule has 0 aliphatic rings. The van der Waals surface area contributed by atoms with Gasteiger partial charge in [-0.05, 0) is 43.5 Å². The van der Waals surface area contributed by atoms with Crippen molar-refractivity contribution < 1.29 is 5.11 Å². The molecule has 0 fully saturated rings. The highest BCUT2D eigenvalue weighted by molar-refractivity contribution is 9.10. The van der Waals surface area contributed by atoms with Gasteiger partial charge in [0.05, 0.1) is 0 Å². The first-order valence-electron chi connectivity index (χ1n) is 5.45. The molecule has 0 spiro atoms. The number of benzene rings is 1. The monoisotopic (exact) mass is 283 g/mol. The Morgan fingerprint density at radius 1 is 1.38 bits per heavy atom. The van der Waals surface area contributed by atoms with Gasteiger partial charge in [-0.25, -0.2) is 0 Å². The lowest BCUT2D eigenvalue weighted by atomic mass is 10.1. The van der Waals surface area contributed by atoms with E-state index in [4.69, 9.17) is 5.11 Å². The first-order valence-corrected chi connectivity index (χ1v) is 6.24. The number of halogens is 1. The Hall–Kier alpha value is -0.800. The van der Waals surface area contributed by atoms with Gasteiger partial charge >= 0.3 is 0 Å². The molecular weight excluding hydrogens is 266 g/mol. The van der Waals surface area contributed by atoms with Crippen molar-refractivity contribution in [3.05, 3.63) is 33.9 Å². The van der Waals surface area contributed by atoms with Crippen LogP contribution in [0.2, 0.25) is 0 Å². The molecule has 0 aliphatic heterocycles. The zero-order valence-corrected chi connectivity index (χ0v) is 11.6. The van der Waals surface area contributed by atoms with Crippen molar-refractivity contribution in [2.24, 2.45) is 0 Å². The highest BCUT2D eigenvalue weighted by Gasteiger charge is 2.04. The Balaban J connectivity index is 0.000000280. The van der Waals surface area contributed by atoms with E-state index in [1.54, 1.807) is 0 Å². The Kier molecular flexibility index (Phi) is 5.03. The number of H-pyrrole nitrogens is 1. The van der Waals surface area contributed by atoms with Gasteiger partial charge in [-0.1, -0.05) is 22.9 Å². The summed E-state index contributed by atoms with van der Waals surface area (Å²) < 4.78 is 1.22. The fraction of sp³-hybridized carbons (Fsp3) is 0.385. The lowest BCUT2D eigenvalue weighted by Gasteiger charge is -2.03. The molecule has 0 unspecified atom stereocenters. The summed E-state index contributed by atoms with van der Waals surface area (Å²) >= 11 is 3.57. The fourth-order valence-electron chi connectivity index (χ4n) is 1.52. The molecule has 0 amide bonds. The number of aryl methyl sites for hydroxylation is 2. The van der Waals surface area contributed by atoms with Crippen LogP contribution in [0.15, 0.2) is 22.8 Å². The molecule has 2 nitrogen and oxygen atoms in total. The van der Waals surface area contributed by atoms with Crippen molar-refractivity contribution in [2.75, 3.05) is 6.61 Å². The molecule has 0 aliphatic carbocycles. The average molecular weight is 284 g/mol. The topological polar surface area (TPSA) is 36.0 Å². The molecule has 0 bridgehead atoms. The summed E-state index contributed by atoms with van der Waals surface area (Å²) in [5.74, 6) is 0.